The molecule has 0 aliphatic carbocycles. The van der Waals surface area contributed by atoms with Crippen LogP contribution in [0.3, 0.4) is 0 Å². The lowest BCUT2D eigenvalue weighted by Crippen LogP contribution is -2.05. The van der Waals surface area contributed by atoms with Gasteiger partial charge in [0.1, 0.15) is 0 Å². The van der Waals surface area contributed by atoms with Crippen LogP contribution in [-0.2, 0) is 0 Å². The Morgan fingerprint density at radius 3 is 2.56 bits per heavy atom. The molecule has 1 aromatic heterocycles. The van der Waals surface area contributed by atoms with Gasteiger partial charge in [0, 0.05) is 23.3 Å². The molecule has 25 heavy (non-hydrogen) atoms. The molecule has 1 heterocycles. The Kier molecular flexibility index (Phi) is 4.92. The predicted molar refractivity (Wildman–Crippen MR) is 104 cm³/mol. The topological polar surface area (TPSA) is 88.8 Å². The van der Waals surface area contributed by atoms with Gasteiger partial charge in [0.15, 0.2) is 5.82 Å². The number of hydrogen-bond acceptors (Lipinski definition) is 6. The van der Waals surface area contributed by atoms with Crippen molar-refractivity contribution < 1.29 is 0 Å². The summed E-state index contributed by atoms with van der Waals surface area (Å²) in [7, 11) is 1.80. The van der Waals surface area contributed by atoms with Crippen molar-refractivity contribution in [3.63, 3.8) is 0 Å². The van der Waals surface area contributed by atoms with Gasteiger partial charge in [-0.2, -0.15) is 15.0 Å². The molecule has 0 aliphatic rings. The van der Waals surface area contributed by atoms with Crippen LogP contribution in [0.4, 0.5) is 23.3 Å². The third-order valence-corrected chi connectivity index (χ3v) is 4.15. The number of aromatic nitrogens is 3. The van der Waals surface area contributed by atoms with Crippen molar-refractivity contribution >= 4 is 46.5 Å². The minimum Gasteiger partial charge on any atom is -0.387 e. The number of rotatable bonds is 4. The zero-order valence-corrected chi connectivity index (χ0v) is 15.2. The fourth-order valence-corrected chi connectivity index (χ4v) is 2.71. The third-order valence-electron chi connectivity index (χ3n) is 3.59. The lowest BCUT2D eigenvalue weighted by atomic mass is 10.1. The van der Waals surface area contributed by atoms with E-state index in [1.54, 1.807) is 19.2 Å². The molecule has 0 radical (unpaired) electrons. The largest absolute Gasteiger partial charge is 0.387 e. The Bertz CT molecular complexity index is 929. The zero-order valence-electron chi connectivity index (χ0n) is 13.6. The number of anilines is 4. The smallest absolute Gasteiger partial charge is 0.232 e. The van der Waals surface area contributed by atoms with Gasteiger partial charge in [-0.3, -0.25) is 0 Å². The van der Waals surface area contributed by atoms with Gasteiger partial charge in [0.05, 0.1) is 10.7 Å². The normalized spacial score (nSPS) is 10.6. The minimum atomic E-state index is 0.120. The summed E-state index contributed by atoms with van der Waals surface area (Å²) >= 11 is 12.2. The van der Waals surface area contributed by atoms with Crippen molar-refractivity contribution in [3.8, 4) is 11.4 Å². The maximum Gasteiger partial charge on any atom is 0.232 e. The average Bonchev–Trinajstić information content (AvgIpc) is 2.58. The molecule has 3 rings (SSSR count). The lowest BCUT2D eigenvalue weighted by Gasteiger charge is -2.11. The number of nitrogen functional groups attached to an aromatic ring is 1. The fourth-order valence-electron chi connectivity index (χ4n) is 2.33. The van der Waals surface area contributed by atoms with Crippen LogP contribution < -0.4 is 16.4 Å². The van der Waals surface area contributed by atoms with Crippen molar-refractivity contribution in [2.75, 3.05) is 23.4 Å². The van der Waals surface area contributed by atoms with E-state index in [-0.39, 0.29) is 5.95 Å². The maximum absolute atomic E-state index is 6.10. The number of benzene rings is 2. The molecule has 0 aliphatic heterocycles. The summed E-state index contributed by atoms with van der Waals surface area (Å²) in [5.74, 6) is 0.915. The summed E-state index contributed by atoms with van der Waals surface area (Å²) in [5.41, 5.74) is 9.21. The van der Waals surface area contributed by atoms with Gasteiger partial charge in [-0.1, -0.05) is 29.3 Å². The molecule has 6 nitrogen and oxygen atoms in total. The van der Waals surface area contributed by atoms with Crippen LogP contribution >= 0.6 is 23.2 Å². The van der Waals surface area contributed by atoms with Crippen LogP contribution in [0.15, 0.2) is 36.4 Å². The SMILES string of the molecule is CNc1cc(Nc2nc(N)nc(-c3cc(Cl)ccc3C)n2)ccc1Cl. The predicted octanol–water partition coefficient (Wildman–Crippen LogP) is 4.52. The molecule has 0 atom stereocenters. The van der Waals surface area contributed by atoms with Gasteiger partial charge >= 0.3 is 0 Å². The number of nitrogens with zero attached hydrogens (tertiary/aromatic N) is 3. The molecular weight excluding hydrogens is 359 g/mol. The molecule has 8 heteroatoms. The molecule has 3 aromatic rings. The van der Waals surface area contributed by atoms with Crippen LogP contribution in [0.1, 0.15) is 5.56 Å². The van der Waals surface area contributed by atoms with Crippen LogP contribution in [0.2, 0.25) is 10.0 Å². The highest BCUT2D eigenvalue weighted by molar-refractivity contribution is 6.33. The van der Waals surface area contributed by atoms with E-state index in [1.807, 2.05) is 31.2 Å². The minimum absolute atomic E-state index is 0.120. The third kappa shape index (κ3) is 3.92. The second-order valence-electron chi connectivity index (χ2n) is 5.37. The summed E-state index contributed by atoms with van der Waals surface area (Å²) in [6, 6.07) is 11.0. The van der Waals surface area contributed by atoms with Crippen LogP contribution in [0.25, 0.3) is 11.4 Å². The Labute approximate surface area is 155 Å². The Morgan fingerprint density at radius 1 is 1.00 bits per heavy atom. The van der Waals surface area contributed by atoms with E-state index in [0.717, 1.165) is 22.5 Å². The average molecular weight is 375 g/mol. The van der Waals surface area contributed by atoms with Crippen molar-refractivity contribution in [1.82, 2.24) is 15.0 Å². The van der Waals surface area contributed by atoms with E-state index in [9.17, 15) is 0 Å². The highest BCUT2D eigenvalue weighted by Gasteiger charge is 2.11. The summed E-state index contributed by atoms with van der Waals surface area (Å²) in [4.78, 5) is 12.8. The van der Waals surface area contributed by atoms with Gasteiger partial charge < -0.3 is 16.4 Å². The molecule has 0 unspecified atom stereocenters. The van der Waals surface area contributed by atoms with Crippen LogP contribution in [0.5, 0.6) is 0 Å². The monoisotopic (exact) mass is 374 g/mol. The van der Waals surface area contributed by atoms with E-state index in [4.69, 9.17) is 28.9 Å². The molecule has 0 bridgehead atoms. The molecule has 2 aromatic carbocycles. The summed E-state index contributed by atoms with van der Waals surface area (Å²) in [6.45, 7) is 1.96. The number of aryl methyl sites for hydroxylation is 1. The van der Waals surface area contributed by atoms with Gasteiger partial charge in [-0.15, -0.1) is 0 Å². The standard InChI is InChI=1S/C17H16Cl2N6/c1-9-3-4-10(18)7-12(9)15-23-16(20)25-17(24-15)22-11-5-6-13(19)14(8-11)21-2/h3-8,21H,1-2H3,(H3,20,22,23,24,25). The fraction of sp³-hybridized carbons (Fsp3) is 0.118. The molecule has 0 amide bonds. The van der Waals surface area contributed by atoms with E-state index in [2.05, 4.69) is 25.6 Å². The van der Waals surface area contributed by atoms with Gasteiger partial charge in [-0.05, 0) is 42.8 Å². The molecule has 0 saturated heterocycles. The van der Waals surface area contributed by atoms with E-state index in [0.29, 0.717) is 21.8 Å². The quantitative estimate of drug-likeness (QED) is 0.621. The Hall–Kier alpha value is -2.57. The highest BCUT2D eigenvalue weighted by atomic mass is 35.5. The van der Waals surface area contributed by atoms with Crippen molar-refractivity contribution in [2.45, 2.75) is 6.92 Å². The summed E-state index contributed by atoms with van der Waals surface area (Å²) in [6.07, 6.45) is 0. The van der Waals surface area contributed by atoms with E-state index in [1.165, 1.54) is 0 Å². The van der Waals surface area contributed by atoms with Crippen molar-refractivity contribution in [2.24, 2.45) is 0 Å². The van der Waals surface area contributed by atoms with Crippen LogP contribution in [-0.4, -0.2) is 22.0 Å². The first-order valence-electron chi connectivity index (χ1n) is 7.48. The van der Waals surface area contributed by atoms with Gasteiger partial charge in [0.25, 0.3) is 0 Å². The van der Waals surface area contributed by atoms with Crippen LogP contribution in [0, 0.1) is 6.92 Å². The summed E-state index contributed by atoms with van der Waals surface area (Å²) in [5, 5.41) is 7.36. The zero-order chi connectivity index (χ0) is 18.0. The summed E-state index contributed by atoms with van der Waals surface area (Å²) < 4.78 is 0. The number of nitrogens with one attached hydrogen (secondary N) is 2. The van der Waals surface area contributed by atoms with Crippen molar-refractivity contribution in [1.29, 1.82) is 0 Å². The highest BCUT2D eigenvalue weighted by Crippen LogP contribution is 2.28. The molecular formula is C17H16Cl2N6. The van der Waals surface area contributed by atoms with Gasteiger partial charge in [0.2, 0.25) is 11.9 Å². The number of nitrogens with two attached hydrogens (primary N) is 1. The van der Waals surface area contributed by atoms with Gasteiger partial charge in [-0.25, -0.2) is 0 Å². The second kappa shape index (κ2) is 7.13. The first kappa shape index (κ1) is 17.3. The first-order chi connectivity index (χ1) is 12.0. The maximum atomic E-state index is 6.10. The Morgan fingerprint density at radius 2 is 1.80 bits per heavy atom. The lowest BCUT2D eigenvalue weighted by molar-refractivity contribution is 1.07. The Balaban J connectivity index is 1.98. The van der Waals surface area contributed by atoms with E-state index < -0.39 is 0 Å². The number of hydrogen-bond donors (Lipinski definition) is 3. The van der Waals surface area contributed by atoms with Crippen molar-refractivity contribution in [3.05, 3.63) is 52.0 Å². The molecule has 0 spiro atoms. The molecule has 0 fully saturated rings. The van der Waals surface area contributed by atoms with E-state index >= 15 is 0 Å². The first-order valence-corrected chi connectivity index (χ1v) is 8.24. The number of halogens is 2. The molecule has 0 saturated carbocycles. The second-order valence-corrected chi connectivity index (χ2v) is 6.21. The molecule has 4 N–H and O–H groups in total. The molecule has 128 valence electrons.